The lowest BCUT2D eigenvalue weighted by Crippen LogP contribution is -2.03. The fraction of sp³-hybridized carbons (Fsp3) is 0.500. The quantitative estimate of drug-likeness (QED) is 0.617. The number of benzene rings is 1. The number of aliphatic carboxylic acids is 2. The van der Waals surface area contributed by atoms with E-state index in [0.29, 0.717) is 25.7 Å². The van der Waals surface area contributed by atoms with Crippen LogP contribution in [0.25, 0.3) is 0 Å². The highest BCUT2D eigenvalue weighted by Crippen LogP contribution is 2.15. The summed E-state index contributed by atoms with van der Waals surface area (Å²) in [4.78, 5) is 32.7. The second-order valence-corrected chi connectivity index (χ2v) is 5.66. The Bertz CT molecular complexity index is 536. The average Bonchev–Trinajstić information content (AvgIpc) is 2.48. The number of carboxylic acid groups (broad SMARTS) is 2. The first-order valence-electron chi connectivity index (χ1n) is 8.01. The lowest BCUT2D eigenvalue weighted by Gasteiger charge is -2.09. The minimum absolute atomic E-state index is 0.0398. The zero-order valence-electron chi connectivity index (χ0n) is 13.3. The fourth-order valence-electron chi connectivity index (χ4n) is 2.51. The predicted molar refractivity (Wildman–Crippen MR) is 86.4 cm³/mol. The smallest absolute Gasteiger partial charge is 0.303 e. The number of carbonyl (C=O) groups excluding carboxylic acids is 1. The maximum Gasteiger partial charge on any atom is 0.303 e. The van der Waals surface area contributed by atoms with Crippen molar-refractivity contribution in [2.45, 2.75) is 57.8 Å². The van der Waals surface area contributed by atoms with Crippen LogP contribution in [0, 0.1) is 0 Å². The van der Waals surface area contributed by atoms with Crippen LogP contribution in [-0.4, -0.2) is 27.9 Å². The van der Waals surface area contributed by atoms with Crippen LogP contribution in [-0.2, 0) is 27.2 Å². The van der Waals surface area contributed by atoms with Crippen molar-refractivity contribution in [3.8, 4) is 0 Å². The molecule has 0 spiro atoms. The molecule has 0 aromatic heterocycles. The van der Waals surface area contributed by atoms with Crippen molar-refractivity contribution in [1.29, 1.82) is 0 Å². The minimum Gasteiger partial charge on any atom is -0.481 e. The molecule has 0 heterocycles. The van der Waals surface area contributed by atoms with Crippen molar-refractivity contribution in [3.63, 3.8) is 0 Å². The number of ketones is 1. The number of carboxylic acids is 2. The third-order valence-electron chi connectivity index (χ3n) is 3.70. The molecule has 0 unspecified atom stereocenters. The fourth-order valence-corrected chi connectivity index (χ4v) is 2.51. The summed E-state index contributed by atoms with van der Waals surface area (Å²) in [5, 5.41) is 17.2. The summed E-state index contributed by atoms with van der Waals surface area (Å²) < 4.78 is 0. The maximum atomic E-state index is 11.7. The van der Waals surface area contributed by atoms with E-state index in [0.717, 1.165) is 30.4 Å². The first-order valence-corrected chi connectivity index (χ1v) is 8.01. The molecule has 1 aromatic carbocycles. The Morgan fingerprint density at radius 3 is 1.65 bits per heavy atom. The average molecular weight is 320 g/mol. The highest BCUT2D eigenvalue weighted by molar-refractivity contribution is 5.79. The standard InChI is InChI=1S/C18H24O5/c19-16(11-5-13-18(22)23)10-3-8-14-6-1-2-7-15(14)9-4-12-17(20)21/h1-2,6-7H,3-5,8-13H2,(H,20,21)(H,22,23). The third-order valence-corrected chi connectivity index (χ3v) is 3.70. The zero-order chi connectivity index (χ0) is 17.1. The van der Waals surface area contributed by atoms with Gasteiger partial charge in [-0.25, -0.2) is 0 Å². The molecule has 0 aliphatic rings. The summed E-state index contributed by atoms with van der Waals surface area (Å²) in [5.41, 5.74) is 2.31. The van der Waals surface area contributed by atoms with Crippen molar-refractivity contribution in [2.75, 3.05) is 0 Å². The Morgan fingerprint density at radius 1 is 0.696 bits per heavy atom. The first kappa shape index (κ1) is 18.9. The maximum absolute atomic E-state index is 11.7. The van der Waals surface area contributed by atoms with Crippen LogP contribution in [0.5, 0.6) is 0 Å². The van der Waals surface area contributed by atoms with Gasteiger partial charge in [0.05, 0.1) is 0 Å². The molecule has 0 aliphatic heterocycles. The van der Waals surface area contributed by atoms with Crippen molar-refractivity contribution < 1.29 is 24.6 Å². The number of carbonyl (C=O) groups is 3. The number of hydrogen-bond donors (Lipinski definition) is 2. The molecule has 5 nitrogen and oxygen atoms in total. The van der Waals surface area contributed by atoms with Gasteiger partial charge in [0.2, 0.25) is 0 Å². The van der Waals surface area contributed by atoms with Gasteiger partial charge in [0.25, 0.3) is 0 Å². The van der Waals surface area contributed by atoms with E-state index in [1.165, 1.54) is 0 Å². The molecule has 1 aromatic rings. The molecule has 1 rings (SSSR count). The van der Waals surface area contributed by atoms with Crippen LogP contribution < -0.4 is 0 Å². The Kier molecular flexibility index (Phi) is 8.65. The van der Waals surface area contributed by atoms with Gasteiger partial charge in [-0.1, -0.05) is 24.3 Å². The van der Waals surface area contributed by atoms with Gasteiger partial charge in [0.1, 0.15) is 5.78 Å². The highest BCUT2D eigenvalue weighted by atomic mass is 16.4. The van der Waals surface area contributed by atoms with E-state index in [1.807, 2.05) is 24.3 Å². The molecule has 23 heavy (non-hydrogen) atoms. The van der Waals surface area contributed by atoms with Crippen molar-refractivity contribution in [3.05, 3.63) is 35.4 Å². The monoisotopic (exact) mass is 320 g/mol. The van der Waals surface area contributed by atoms with E-state index < -0.39 is 11.9 Å². The lowest BCUT2D eigenvalue weighted by atomic mass is 9.97. The van der Waals surface area contributed by atoms with Crippen molar-refractivity contribution >= 4 is 17.7 Å². The van der Waals surface area contributed by atoms with Crippen molar-refractivity contribution in [2.24, 2.45) is 0 Å². The molecule has 0 bridgehead atoms. The van der Waals surface area contributed by atoms with Gasteiger partial charge in [-0.3, -0.25) is 14.4 Å². The number of hydrogen-bond acceptors (Lipinski definition) is 3. The summed E-state index contributed by atoms with van der Waals surface area (Å²) in [7, 11) is 0. The number of rotatable bonds is 12. The molecule has 0 fully saturated rings. The van der Waals surface area contributed by atoms with E-state index >= 15 is 0 Å². The molecular weight excluding hydrogens is 296 g/mol. The zero-order valence-corrected chi connectivity index (χ0v) is 13.3. The lowest BCUT2D eigenvalue weighted by molar-refractivity contribution is -0.138. The van der Waals surface area contributed by atoms with Crippen LogP contribution in [0.4, 0.5) is 0 Å². The van der Waals surface area contributed by atoms with Crippen LogP contribution in [0.1, 0.15) is 56.1 Å². The Morgan fingerprint density at radius 2 is 1.13 bits per heavy atom. The van der Waals surface area contributed by atoms with E-state index in [1.54, 1.807) is 0 Å². The minimum atomic E-state index is -0.868. The van der Waals surface area contributed by atoms with E-state index in [-0.39, 0.29) is 18.6 Å². The normalized spacial score (nSPS) is 10.4. The molecule has 0 radical (unpaired) electrons. The molecule has 0 saturated heterocycles. The molecule has 5 heteroatoms. The van der Waals surface area contributed by atoms with Gasteiger partial charge in [0.15, 0.2) is 0 Å². The Balaban J connectivity index is 2.35. The second kappa shape index (κ2) is 10.5. The molecule has 2 N–H and O–H groups in total. The summed E-state index contributed by atoms with van der Waals surface area (Å²) in [6.45, 7) is 0. The topological polar surface area (TPSA) is 91.7 Å². The molecule has 0 aliphatic carbocycles. The van der Waals surface area contributed by atoms with Gasteiger partial charge in [0, 0.05) is 25.7 Å². The summed E-state index contributed by atoms with van der Waals surface area (Å²) in [6, 6.07) is 7.91. The van der Waals surface area contributed by atoms with Gasteiger partial charge in [-0.05, 0) is 43.2 Å². The SMILES string of the molecule is O=C(O)CCCC(=O)CCCc1ccccc1CCCC(=O)O. The Hall–Kier alpha value is -2.17. The van der Waals surface area contributed by atoms with Crippen LogP contribution in [0.3, 0.4) is 0 Å². The van der Waals surface area contributed by atoms with Crippen LogP contribution in [0.15, 0.2) is 24.3 Å². The molecule has 126 valence electrons. The third kappa shape index (κ3) is 8.76. The van der Waals surface area contributed by atoms with Crippen LogP contribution in [0.2, 0.25) is 0 Å². The van der Waals surface area contributed by atoms with Crippen LogP contribution >= 0.6 is 0 Å². The first-order chi connectivity index (χ1) is 11.0. The molecular formula is C18H24O5. The summed E-state index contributed by atoms with van der Waals surface area (Å²) in [5.74, 6) is -1.54. The van der Waals surface area contributed by atoms with Gasteiger partial charge >= 0.3 is 11.9 Å². The summed E-state index contributed by atoms with van der Waals surface area (Å²) in [6.07, 6.45) is 4.26. The van der Waals surface area contributed by atoms with E-state index in [2.05, 4.69) is 0 Å². The van der Waals surface area contributed by atoms with Gasteiger partial charge in [-0.15, -0.1) is 0 Å². The molecule has 0 atom stereocenters. The van der Waals surface area contributed by atoms with Gasteiger partial charge in [-0.2, -0.15) is 0 Å². The van der Waals surface area contributed by atoms with E-state index in [4.69, 9.17) is 10.2 Å². The Labute approximate surface area is 136 Å². The summed E-state index contributed by atoms with van der Waals surface area (Å²) >= 11 is 0. The molecule has 0 amide bonds. The van der Waals surface area contributed by atoms with E-state index in [9.17, 15) is 14.4 Å². The highest BCUT2D eigenvalue weighted by Gasteiger charge is 2.07. The predicted octanol–water partition coefficient (Wildman–Crippen LogP) is 3.24. The van der Waals surface area contributed by atoms with Crippen molar-refractivity contribution in [1.82, 2.24) is 0 Å². The number of aryl methyl sites for hydroxylation is 2. The molecule has 0 saturated carbocycles. The second-order valence-electron chi connectivity index (χ2n) is 5.66. The van der Waals surface area contributed by atoms with Gasteiger partial charge < -0.3 is 10.2 Å². The largest absolute Gasteiger partial charge is 0.481 e. The number of Topliss-reactive ketones (excluding diaryl/α,β-unsaturated/α-hetero) is 1.